The molecule has 8 heteroatoms. The lowest BCUT2D eigenvalue weighted by molar-refractivity contribution is -0.141. The van der Waals surface area contributed by atoms with Crippen LogP contribution in [-0.4, -0.2) is 50.5 Å². The van der Waals surface area contributed by atoms with E-state index in [9.17, 15) is 18.0 Å². The fourth-order valence-electron chi connectivity index (χ4n) is 4.41. The zero-order valence-corrected chi connectivity index (χ0v) is 23.9. The first-order valence-corrected chi connectivity index (χ1v) is 15.2. The van der Waals surface area contributed by atoms with Gasteiger partial charge < -0.3 is 10.2 Å². The van der Waals surface area contributed by atoms with Crippen molar-refractivity contribution in [2.24, 2.45) is 0 Å². The lowest BCUT2D eigenvalue weighted by Gasteiger charge is -2.32. The van der Waals surface area contributed by atoms with Crippen LogP contribution >= 0.6 is 0 Å². The van der Waals surface area contributed by atoms with E-state index < -0.39 is 16.1 Å². The molecule has 0 heterocycles. The van der Waals surface area contributed by atoms with Crippen LogP contribution < -0.4 is 9.62 Å². The number of rotatable bonds is 14. The summed E-state index contributed by atoms with van der Waals surface area (Å²) < 4.78 is 26.3. The van der Waals surface area contributed by atoms with Crippen molar-refractivity contribution < 1.29 is 18.0 Å². The number of carbonyl (C=O) groups is 2. The Labute approximate surface area is 232 Å². The van der Waals surface area contributed by atoms with Crippen LogP contribution in [0.15, 0.2) is 84.9 Å². The lowest BCUT2D eigenvalue weighted by atomic mass is 10.0. The molecule has 0 fully saturated rings. The van der Waals surface area contributed by atoms with Crippen molar-refractivity contribution in [3.63, 3.8) is 0 Å². The third kappa shape index (κ3) is 9.25. The molecule has 208 valence electrons. The molecule has 1 unspecified atom stereocenters. The summed E-state index contributed by atoms with van der Waals surface area (Å²) in [6.07, 6.45) is 2.76. The molecular formula is C31H39N3O4S. The third-order valence-corrected chi connectivity index (χ3v) is 7.68. The standard InChI is InChI=1S/C31H39N3O4S/c1-4-21-32-31(36)29(23-26-12-7-5-8-13-26)33(24-27-19-17-25(2)18-20-27)30(35)16-11-22-34(39(3,37)38)28-14-9-6-10-15-28/h5-10,12-15,17-20,29H,4,11,16,21-24H2,1-3H3,(H,32,36). The Kier molecular flexibility index (Phi) is 11.1. The number of anilines is 1. The van der Waals surface area contributed by atoms with Crippen LogP contribution in [0.2, 0.25) is 0 Å². The van der Waals surface area contributed by atoms with Gasteiger partial charge in [0.15, 0.2) is 0 Å². The number of nitrogens with one attached hydrogen (secondary N) is 1. The van der Waals surface area contributed by atoms with Gasteiger partial charge in [-0.25, -0.2) is 8.42 Å². The van der Waals surface area contributed by atoms with E-state index in [-0.39, 0.29) is 31.3 Å². The van der Waals surface area contributed by atoms with Crippen molar-refractivity contribution in [3.05, 3.63) is 102 Å². The van der Waals surface area contributed by atoms with Crippen LogP contribution in [0.3, 0.4) is 0 Å². The molecule has 0 saturated carbocycles. The average Bonchev–Trinajstić information content (AvgIpc) is 2.93. The maximum atomic E-state index is 13.8. The summed E-state index contributed by atoms with van der Waals surface area (Å²) in [6, 6.07) is 25.8. The van der Waals surface area contributed by atoms with E-state index in [0.29, 0.717) is 25.1 Å². The Balaban J connectivity index is 1.85. The minimum atomic E-state index is -3.53. The molecule has 2 amide bonds. The van der Waals surface area contributed by atoms with Crippen LogP contribution in [0.5, 0.6) is 0 Å². The molecule has 7 nitrogen and oxygen atoms in total. The molecule has 39 heavy (non-hydrogen) atoms. The fourth-order valence-corrected chi connectivity index (χ4v) is 5.37. The highest BCUT2D eigenvalue weighted by Gasteiger charge is 2.30. The van der Waals surface area contributed by atoms with Crippen molar-refractivity contribution in [2.75, 3.05) is 23.7 Å². The predicted octanol–water partition coefficient (Wildman–Crippen LogP) is 4.71. The average molecular weight is 550 g/mol. The zero-order chi connectivity index (χ0) is 28.3. The summed E-state index contributed by atoms with van der Waals surface area (Å²) >= 11 is 0. The van der Waals surface area contributed by atoms with Crippen molar-refractivity contribution in [2.45, 2.75) is 52.1 Å². The van der Waals surface area contributed by atoms with E-state index in [0.717, 1.165) is 23.1 Å². The summed E-state index contributed by atoms with van der Waals surface area (Å²) in [6.45, 7) is 4.96. The molecule has 0 bridgehead atoms. The van der Waals surface area contributed by atoms with Crippen molar-refractivity contribution in [3.8, 4) is 0 Å². The summed E-state index contributed by atoms with van der Waals surface area (Å²) in [4.78, 5) is 28.8. The van der Waals surface area contributed by atoms with E-state index in [1.807, 2.05) is 74.5 Å². The maximum Gasteiger partial charge on any atom is 0.243 e. The Morgan fingerprint density at radius 1 is 0.872 bits per heavy atom. The number of nitrogens with zero attached hydrogens (tertiary/aromatic N) is 2. The van der Waals surface area contributed by atoms with Crippen LogP contribution in [0.25, 0.3) is 0 Å². The number of aryl methyl sites for hydroxylation is 1. The second-order valence-electron chi connectivity index (χ2n) is 9.78. The summed E-state index contributed by atoms with van der Waals surface area (Å²) in [7, 11) is -3.53. The van der Waals surface area contributed by atoms with E-state index in [1.54, 1.807) is 29.2 Å². The van der Waals surface area contributed by atoms with Gasteiger partial charge in [-0.1, -0.05) is 85.3 Å². The first-order chi connectivity index (χ1) is 18.7. The number of carbonyl (C=O) groups excluding carboxylic acids is 2. The van der Waals surface area contributed by atoms with E-state index in [4.69, 9.17) is 0 Å². The van der Waals surface area contributed by atoms with Gasteiger partial charge in [0.1, 0.15) is 6.04 Å². The quantitative estimate of drug-likeness (QED) is 0.316. The largest absolute Gasteiger partial charge is 0.354 e. The maximum absolute atomic E-state index is 13.8. The van der Waals surface area contributed by atoms with Crippen molar-refractivity contribution in [1.82, 2.24) is 10.2 Å². The van der Waals surface area contributed by atoms with Gasteiger partial charge in [0.05, 0.1) is 11.9 Å². The summed E-state index contributed by atoms with van der Waals surface area (Å²) in [5.41, 5.74) is 3.56. The topological polar surface area (TPSA) is 86.8 Å². The van der Waals surface area contributed by atoms with Gasteiger partial charge in [-0.3, -0.25) is 13.9 Å². The lowest BCUT2D eigenvalue weighted by Crippen LogP contribution is -2.50. The van der Waals surface area contributed by atoms with E-state index in [1.165, 1.54) is 10.6 Å². The van der Waals surface area contributed by atoms with Gasteiger partial charge in [0, 0.05) is 32.5 Å². The molecular weight excluding hydrogens is 510 g/mol. The minimum absolute atomic E-state index is 0.108. The molecule has 1 N–H and O–H groups in total. The monoisotopic (exact) mass is 549 g/mol. The number of hydrogen-bond donors (Lipinski definition) is 1. The van der Waals surface area contributed by atoms with Crippen LogP contribution in [0.4, 0.5) is 5.69 Å². The van der Waals surface area contributed by atoms with Gasteiger partial charge in [-0.2, -0.15) is 0 Å². The molecule has 0 spiro atoms. The number of hydrogen-bond acceptors (Lipinski definition) is 4. The van der Waals surface area contributed by atoms with Gasteiger partial charge in [-0.15, -0.1) is 0 Å². The number of benzene rings is 3. The Hall–Kier alpha value is -3.65. The van der Waals surface area contributed by atoms with E-state index in [2.05, 4.69) is 5.32 Å². The van der Waals surface area contributed by atoms with Gasteiger partial charge in [0.2, 0.25) is 21.8 Å². The van der Waals surface area contributed by atoms with Gasteiger partial charge in [0.25, 0.3) is 0 Å². The smallest absolute Gasteiger partial charge is 0.243 e. The highest BCUT2D eigenvalue weighted by atomic mass is 32.2. The van der Waals surface area contributed by atoms with Crippen LogP contribution in [0, 0.1) is 6.92 Å². The molecule has 0 radical (unpaired) electrons. The Morgan fingerprint density at radius 2 is 1.49 bits per heavy atom. The highest BCUT2D eigenvalue weighted by Crippen LogP contribution is 2.20. The second-order valence-corrected chi connectivity index (χ2v) is 11.7. The normalized spacial score (nSPS) is 12.0. The first-order valence-electron chi connectivity index (χ1n) is 13.4. The number of amides is 2. The van der Waals surface area contributed by atoms with Crippen LogP contribution in [0.1, 0.15) is 42.9 Å². The Bertz CT molecular complexity index is 1300. The van der Waals surface area contributed by atoms with Crippen LogP contribution in [-0.2, 0) is 32.6 Å². The third-order valence-electron chi connectivity index (χ3n) is 6.49. The molecule has 3 rings (SSSR count). The second kappa shape index (κ2) is 14.5. The molecule has 0 saturated heterocycles. The SMILES string of the molecule is CCCNC(=O)C(Cc1ccccc1)N(Cc1ccc(C)cc1)C(=O)CCCN(c1ccccc1)S(C)(=O)=O. The summed E-state index contributed by atoms with van der Waals surface area (Å²) in [5.74, 6) is -0.382. The molecule has 3 aromatic carbocycles. The molecule has 0 aromatic heterocycles. The first kappa shape index (κ1) is 29.9. The number of sulfonamides is 1. The van der Waals surface area contributed by atoms with E-state index >= 15 is 0 Å². The van der Waals surface area contributed by atoms with Crippen molar-refractivity contribution >= 4 is 27.5 Å². The molecule has 0 aliphatic rings. The fraction of sp³-hybridized carbons (Fsp3) is 0.355. The number of para-hydroxylation sites is 1. The zero-order valence-electron chi connectivity index (χ0n) is 23.0. The Morgan fingerprint density at radius 3 is 2.08 bits per heavy atom. The molecule has 0 aliphatic heterocycles. The highest BCUT2D eigenvalue weighted by molar-refractivity contribution is 7.92. The van der Waals surface area contributed by atoms with Gasteiger partial charge in [-0.05, 0) is 43.0 Å². The van der Waals surface area contributed by atoms with Gasteiger partial charge >= 0.3 is 0 Å². The predicted molar refractivity (Wildman–Crippen MR) is 157 cm³/mol. The molecule has 1 atom stereocenters. The molecule has 0 aliphatic carbocycles. The minimum Gasteiger partial charge on any atom is -0.354 e. The molecule has 3 aromatic rings. The van der Waals surface area contributed by atoms with Crippen molar-refractivity contribution in [1.29, 1.82) is 0 Å². The summed E-state index contributed by atoms with van der Waals surface area (Å²) in [5, 5.41) is 2.98.